The van der Waals surface area contributed by atoms with Crippen LogP contribution in [0.5, 0.6) is 0 Å². The quantitative estimate of drug-likeness (QED) is 0.445. The van der Waals surface area contributed by atoms with Crippen molar-refractivity contribution < 1.29 is 9.13 Å². The van der Waals surface area contributed by atoms with Crippen molar-refractivity contribution in [1.82, 2.24) is 19.9 Å². The Morgan fingerprint density at radius 3 is 2.94 bits per heavy atom. The Morgan fingerprint density at radius 1 is 1.25 bits per heavy atom. The van der Waals surface area contributed by atoms with E-state index in [1.165, 1.54) is 6.07 Å². The average molecular weight is 453 g/mol. The van der Waals surface area contributed by atoms with Crippen LogP contribution in [0.15, 0.2) is 41.9 Å². The van der Waals surface area contributed by atoms with Crippen LogP contribution < -0.4 is 4.90 Å². The molecule has 2 aromatic heterocycles. The summed E-state index contributed by atoms with van der Waals surface area (Å²) in [5.41, 5.74) is 2.36. The van der Waals surface area contributed by atoms with Crippen molar-refractivity contribution in [3.8, 4) is 11.4 Å². The Morgan fingerprint density at radius 2 is 2.09 bits per heavy atom. The minimum atomic E-state index is -0.212. The van der Waals surface area contributed by atoms with Gasteiger partial charge in [0.1, 0.15) is 23.2 Å². The summed E-state index contributed by atoms with van der Waals surface area (Å²) >= 11 is 1.62. The number of halogens is 1. The lowest BCUT2D eigenvalue weighted by Crippen LogP contribution is -2.36. The molecule has 1 aromatic carbocycles. The molecule has 2 saturated heterocycles. The summed E-state index contributed by atoms with van der Waals surface area (Å²) in [7, 11) is 0. The van der Waals surface area contributed by atoms with Gasteiger partial charge in [0, 0.05) is 30.6 Å². The lowest BCUT2D eigenvalue weighted by Gasteiger charge is -2.26. The van der Waals surface area contributed by atoms with E-state index < -0.39 is 0 Å². The zero-order valence-corrected chi connectivity index (χ0v) is 18.4. The summed E-state index contributed by atoms with van der Waals surface area (Å²) in [6, 6.07) is 6.74. The predicted molar refractivity (Wildman–Crippen MR) is 125 cm³/mol. The third kappa shape index (κ3) is 4.31. The molecule has 32 heavy (non-hydrogen) atoms. The topological polar surface area (TPSA) is 81.1 Å². The number of benzene rings is 1. The Kier molecular flexibility index (Phi) is 6.00. The maximum atomic E-state index is 14.3. The maximum absolute atomic E-state index is 14.3. The van der Waals surface area contributed by atoms with Gasteiger partial charge in [-0.15, -0.1) is 11.3 Å². The van der Waals surface area contributed by atoms with Gasteiger partial charge in [-0.25, -0.2) is 14.4 Å². The number of morpholine rings is 1. The molecular formula is C23H25FN6OS. The highest BCUT2D eigenvalue weighted by atomic mass is 32.1. The molecule has 2 N–H and O–H groups in total. The van der Waals surface area contributed by atoms with E-state index in [9.17, 15) is 4.39 Å². The van der Waals surface area contributed by atoms with E-state index in [1.807, 2.05) is 22.4 Å². The minimum absolute atomic E-state index is 0.103. The smallest absolute Gasteiger partial charge is 0.186 e. The molecule has 0 spiro atoms. The average Bonchev–Trinajstić information content (AvgIpc) is 3.59. The fraction of sp³-hybridized carbons (Fsp3) is 0.348. The minimum Gasteiger partial charge on any atom is -0.378 e. The molecule has 0 radical (unpaired) electrons. The summed E-state index contributed by atoms with van der Waals surface area (Å²) in [6.45, 7) is 3.92. The Hall–Kier alpha value is -3.04. The first-order chi connectivity index (χ1) is 15.7. The zero-order valence-electron chi connectivity index (χ0n) is 17.6. The van der Waals surface area contributed by atoms with E-state index in [4.69, 9.17) is 15.1 Å². The first-order valence-corrected chi connectivity index (χ1v) is 11.7. The van der Waals surface area contributed by atoms with E-state index in [0.717, 1.165) is 62.2 Å². The normalized spacial score (nSPS) is 19.2. The Bertz CT molecular complexity index is 1120. The lowest BCUT2D eigenvalue weighted by atomic mass is 10.0. The fourth-order valence-electron chi connectivity index (χ4n) is 4.22. The van der Waals surface area contributed by atoms with Crippen molar-refractivity contribution in [2.75, 3.05) is 37.7 Å². The molecule has 2 fully saturated rings. The first kappa shape index (κ1) is 20.8. The van der Waals surface area contributed by atoms with Crippen molar-refractivity contribution in [1.29, 1.82) is 5.41 Å². The van der Waals surface area contributed by atoms with E-state index in [1.54, 1.807) is 35.8 Å². The van der Waals surface area contributed by atoms with Crippen LogP contribution in [0.4, 0.5) is 9.52 Å². The van der Waals surface area contributed by atoms with E-state index in [-0.39, 0.29) is 11.9 Å². The number of nitrogens with one attached hydrogen (secondary N) is 2. The number of hydrogen-bond acceptors (Lipinski definition) is 6. The molecule has 4 heterocycles. The molecular weight excluding hydrogens is 427 g/mol. The summed E-state index contributed by atoms with van der Waals surface area (Å²) in [6.07, 6.45) is 7.06. The molecule has 0 aliphatic carbocycles. The molecule has 9 heteroatoms. The second kappa shape index (κ2) is 9.22. The number of imidazole rings is 1. The number of aromatic amines is 1. The second-order valence-corrected chi connectivity index (χ2v) is 8.72. The van der Waals surface area contributed by atoms with Crippen LogP contribution in [0.1, 0.15) is 30.3 Å². The van der Waals surface area contributed by atoms with Crippen LogP contribution >= 0.6 is 11.3 Å². The number of ether oxygens (including phenoxy) is 1. The molecule has 5 rings (SSSR count). The van der Waals surface area contributed by atoms with Crippen molar-refractivity contribution in [3.63, 3.8) is 0 Å². The highest BCUT2D eigenvalue weighted by Gasteiger charge is 2.28. The maximum Gasteiger partial charge on any atom is 0.186 e. The standard InChI is InChI=1S/C23H25FN6OS/c24-17-5-2-1-4-16(17)20-6-3-9-30(20)21(25)7-8-22-26-14-18(27-22)19-15-32-23(28-19)29-10-12-31-13-11-29/h1-2,4-5,7-8,14-15,20,25H,3,6,9-13H2,(H,26,27)/b8-7-,25-21?. The Balaban J connectivity index is 1.26. The van der Waals surface area contributed by atoms with Gasteiger partial charge in [0.25, 0.3) is 0 Å². The number of likely N-dealkylation sites (tertiary alicyclic amines) is 1. The van der Waals surface area contributed by atoms with E-state index in [0.29, 0.717) is 17.2 Å². The van der Waals surface area contributed by atoms with Crippen LogP contribution in [-0.4, -0.2) is 58.5 Å². The summed E-state index contributed by atoms with van der Waals surface area (Å²) in [5.74, 6) is 0.806. The Labute approximate surface area is 190 Å². The third-order valence-electron chi connectivity index (χ3n) is 5.87. The number of H-pyrrole nitrogens is 1. The van der Waals surface area contributed by atoms with Crippen LogP contribution in [0.3, 0.4) is 0 Å². The molecule has 7 nitrogen and oxygen atoms in total. The van der Waals surface area contributed by atoms with E-state index >= 15 is 0 Å². The number of rotatable bonds is 5. The van der Waals surface area contributed by atoms with E-state index in [2.05, 4.69) is 14.9 Å². The van der Waals surface area contributed by atoms with Crippen LogP contribution in [-0.2, 0) is 4.74 Å². The number of thiazole rings is 1. The van der Waals surface area contributed by atoms with Gasteiger partial charge in [0.05, 0.1) is 31.1 Å². The van der Waals surface area contributed by atoms with Crippen molar-refractivity contribution in [2.24, 2.45) is 0 Å². The molecule has 3 aromatic rings. The van der Waals surface area contributed by atoms with Crippen molar-refractivity contribution in [3.05, 3.63) is 59.1 Å². The third-order valence-corrected chi connectivity index (χ3v) is 6.77. The van der Waals surface area contributed by atoms with Crippen LogP contribution in [0.25, 0.3) is 17.5 Å². The van der Waals surface area contributed by atoms with Crippen molar-refractivity contribution in [2.45, 2.75) is 18.9 Å². The van der Waals surface area contributed by atoms with Gasteiger partial charge < -0.3 is 19.5 Å². The fourth-order valence-corrected chi connectivity index (χ4v) is 5.10. The highest BCUT2D eigenvalue weighted by Crippen LogP contribution is 2.33. The molecule has 2 aliphatic rings. The summed E-state index contributed by atoms with van der Waals surface area (Å²) in [5, 5.41) is 11.5. The predicted octanol–water partition coefficient (Wildman–Crippen LogP) is 4.34. The van der Waals surface area contributed by atoms with Gasteiger partial charge in [0.15, 0.2) is 5.13 Å². The molecule has 1 unspecified atom stereocenters. The van der Waals surface area contributed by atoms with Crippen LogP contribution in [0.2, 0.25) is 0 Å². The number of anilines is 1. The summed E-state index contributed by atoms with van der Waals surface area (Å²) < 4.78 is 19.7. The number of aromatic nitrogens is 3. The van der Waals surface area contributed by atoms with Crippen molar-refractivity contribution >= 4 is 28.4 Å². The lowest BCUT2D eigenvalue weighted by molar-refractivity contribution is 0.122. The highest BCUT2D eigenvalue weighted by molar-refractivity contribution is 7.14. The molecule has 1 atom stereocenters. The molecule has 0 amide bonds. The van der Waals surface area contributed by atoms with Gasteiger partial charge in [-0.1, -0.05) is 18.2 Å². The number of hydrogen-bond donors (Lipinski definition) is 2. The molecule has 0 bridgehead atoms. The second-order valence-electron chi connectivity index (χ2n) is 7.89. The number of amidine groups is 1. The number of nitrogens with zero attached hydrogens (tertiary/aromatic N) is 4. The summed E-state index contributed by atoms with van der Waals surface area (Å²) in [4.78, 5) is 16.6. The molecule has 0 saturated carbocycles. The molecule has 2 aliphatic heterocycles. The van der Waals surface area contributed by atoms with Gasteiger partial charge in [-0.3, -0.25) is 5.41 Å². The molecule has 166 valence electrons. The largest absolute Gasteiger partial charge is 0.378 e. The van der Waals surface area contributed by atoms with Gasteiger partial charge >= 0.3 is 0 Å². The van der Waals surface area contributed by atoms with Gasteiger partial charge in [-0.05, 0) is 31.1 Å². The zero-order chi connectivity index (χ0) is 21.9. The van der Waals surface area contributed by atoms with Crippen LogP contribution in [0, 0.1) is 11.2 Å². The monoisotopic (exact) mass is 452 g/mol. The SMILES string of the molecule is N=C(/C=C\c1ncc(-c2csc(N3CCOCC3)n2)[nH]1)N1CCCC1c1ccccc1F. The van der Waals surface area contributed by atoms with Gasteiger partial charge in [-0.2, -0.15) is 0 Å². The first-order valence-electron chi connectivity index (χ1n) is 10.8. The van der Waals surface area contributed by atoms with Gasteiger partial charge in [0.2, 0.25) is 0 Å².